The molecule has 1 N–H and O–H groups in total. The van der Waals surface area contributed by atoms with E-state index in [4.69, 9.17) is 0 Å². The summed E-state index contributed by atoms with van der Waals surface area (Å²) in [6, 6.07) is 10.3. The molecule has 9 heteroatoms. The number of benzene rings is 2. The molecule has 2 aromatic carbocycles. The summed E-state index contributed by atoms with van der Waals surface area (Å²) in [6.07, 6.45) is -1.60. The largest absolute Gasteiger partial charge is 0.418 e. The van der Waals surface area contributed by atoms with Gasteiger partial charge in [-0.1, -0.05) is 12.1 Å². The molecule has 1 heterocycles. The van der Waals surface area contributed by atoms with E-state index in [0.29, 0.717) is 12.2 Å². The van der Waals surface area contributed by atoms with Crippen LogP contribution < -0.4 is 10.2 Å². The van der Waals surface area contributed by atoms with Gasteiger partial charge >= 0.3 is 6.18 Å². The molecule has 0 aliphatic carbocycles. The van der Waals surface area contributed by atoms with Gasteiger partial charge in [0, 0.05) is 25.3 Å². The molecule has 0 fully saturated rings. The maximum Gasteiger partial charge on any atom is 0.418 e. The van der Waals surface area contributed by atoms with E-state index in [2.05, 4.69) is 15.4 Å². The zero-order valence-corrected chi connectivity index (χ0v) is 15.2. The Bertz CT molecular complexity index is 951. The van der Waals surface area contributed by atoms with Crippen LogP contribution in [0.5, 0.6) is 0 Å². The van der Waals surface area contributed by atoms with Crippen LogP contribution in [-0.4, -0.2) is 34.8 Å². The third-order valence-electron chi connectivity index (χ3n) is 4.10. The topological polar surface area (TPSA) is 63.1 Å². The minimum absolute atomic E-state index is 0.257. The highest BCUT2D eigenvalue weighted by molar-refractivity contribution is 6.04. The molecule has 0 aliphatic heterocycles. The van der Waals surface area contributed by atoms with Crippen LogP contribution in [0, 0.1) is 0 Å². The fourth-order valence-corrected chi connectivity index (χ4v) is 2.61. The minimum atomic E-state index is -4.59. The fraction of sp³-hybridized carbons (Fsp3) is 0.211. The molecular formula is C19H18F3N5O. The van der Waals surface area contributed by atoms with Crippen LogP contribution in [0.1, 0.15) is 21.5 Å². The molecule has 0 unspecified atom stereocenters. The number of rotatable bonds is 5. The Hall–Kier alpha value is -3.36. The van der Waals surface area contributed by atoms with Crippen LogP contribution in [0.2, 0.25) is 0 Å². The number of halogens is 3. The van der Waals surface area contributed by atoms with E-state index < -0.39 is 17.6 Å². The average molecular weight is 389 g/mol. The SMILES string of the molecule is CN(C)c1ccc(NC(=O)c2ccc(Cn3cncn3)cc2)c(C(F)(F)F)c1. The quantitative estimate of drug-likeness (QED) is 0.723. The van der Waals surface area contributed by atoms with Gasteiger partial charge in [0.2, 0.25) is 0 Å². The standard InChI is InChI=1S/C19H18F3N5O/c1-26(2)15-7-8-17(16(9-15)19(20,21)22)25-18(28)14-5-3-13(4-6-14)10-27-12-23-11-24-27/h3-9,11-12H,10H2,1-2H3,(H,25,28). The summed E-state index contributed by atoms with van der Waals surface area (Å²) in [5.74, 6) is -0.615. The van der Waals surface area contributed by atoms with E-state index in [9.17, 15) is 18.0 Å². The fourth-order valence-electron chi connectivity index (χ4n) is 2.61. The highest BCUT2D eigenvalue weighted by Crippen LogP contribution is 2.37. The second kappa shape index (κ2) is 7.71. The molecule has 0 aliphatic rings. The summed E-state index contributed by atoms with van der Waals surface area (Å²) in [7, 11) is 3.29. The van der Waals surface area contributed by atoms with Crippen molar-refractivity contribution < 1.29 is 18.0 Å². The second-order valence-electron chi connectivity index (χ2n) is 6.37. The number of hydrogen-bond acceptors (Lipinski definition) is 4. The lowest BCUT2D eigenvalue weighted by molar-refractivity contribution is -0.136. The number of nitrogens with one attached hydrogen (secondary N) is 1. The number of carbonyl (C=O) groups excluding carboxylic acids is 1. The third kappa shape index (κ3) is 4.48. The van der Waals surface area contributed by atoms with E-state index in [1.54, 1.807) is 54.3 Å². The van der Waals surface area contributed by atoms with Gasteiger partial charge in [0.05, 0.1) is 17.8 Å². The molecule has 146 valence electrons. The van der Waals surface area contributed by atoms with Gasteiger partial charge in [0.1, 0.15) is 12.7 Å². The molecule has 0 saturated heterocycles. The van der Waals surface area contributed by atoms with Gasteiger partial charge in [-0.15, -0.1) is 0 Å². The average Bonchev–Trinajstić information content (AvgIpc) is 3.14. The molecule has 3 rings (SSSR count). The van der Waals surface area contributed by atoms with Crippen molar-refractivity contribution in [1.82, 2.24) is 14.8 Å². The van der Waals surface area contributed by atoms with Crippen LogP contribution in [0.15, 0.2) is 55.1 Å². The monoisotopic (exact) mass is 389 g/mol. The number of aromatic nitrogens is 3. The van der Waals surface area contributed by atoms with Crippen molar-refractivity contribution in [3.05, 3.63) is 71.8 Å². The van der Waals surface area contributed by atoms with Crippen molar-refractivity contribution in [3.8, 4) is 0 Å². The smallest absolute Gasteiger partial charge is 0.378 e. The van der Waals surface area contributed by atoms with Gasteiger partial charge in [-0.25, -0.2) is 9.67 Å². The van der Waals surface area contributed by atoms with Crippen molar-refractivity contribution in [2.45, 2.75) is 12.7 Å². The van der Waals surface area contributed by atoms with Crippen LogP contribution in [0.4, 0.5) is 24.5 Å². The van der Waals surface area contributed by atoms with E-state index in [1.165, 1.54) is 18.5 Å². The molecular weight excluding hydrogens is 371 g/mol. The number of alkyl halides is 3. The van der Waals surface area contributed by atoms with Crippen LogP contribution >= 0.6 is 0 Å². The Labute approximate surface area is 159 Å². The van der Waals surface area contributed by atoms with Crippen molar-refractivity contribution >= 4 is 17.3 Å². The van der Waals surface area contributed by atoms with Crippen molar-refractivity contribution in [2.24, 2.45) is 0 Å². The lowest BCUT2D eigenvalue weighted by Gasteiger charge is -2.18. The molecule has 3 aromatic rings. The summed E-state index contributed by atoms with van der Waals surface area (Å²) in [6.45, 7) is 0.478. The van der Waals surface area contributed by atoms with Gasteiger partial charge in [0.25, 0.3) is 5.91 Å². The second-order valence-corrected chi connectivity index (χ2v) is 6.37. The Morgan fingerprint density at radius 1 is 1.14 bits per heavy atom. The number of amides is 1. The predicted octanol–water partition coefficient (Wildman–Crippen LogP) is 3.66. The summed E-state index contributed by atoms with van der Waals surface area (Å²) in [5.41, 5.74) is 0.355. The van der Waals surface area contributed by atoms with E-state index in [-0.39, 0.29) is 11.3 Å². The summed E-state index contributed by atoms with van der Waals surface area (Å²) < 4.78 is 41.8. The summed E-state index contributed by atoms with van der Waals surface area (Å²) >= 11 is 0. The number of anilines is 2. The molecule has 0 saturated carbocycles. The van der Waals surface area contributed by atoms with E-state index in [1.807, 2.05) is 0 Å². The zero-order chi connectivity index (χ0) is 20.3. The van der Waals surface area contributed by atoms with E-state index >= 15 is 0 Å². The first-order valence-corrected chi connectivity index (χ1v) is 8.35. The zero-order valence-electron chi connectivity index (χ0n) is 15.2. The molecule has 0 atom stereocenters. The summed E-state index contributed by atoms with van der Waals surface area (Å²) in [5, 5.41) is 6.35. The molecule has 1 aromatic heterocycles. The first kappa shape index (κ1) is 19.4. The molecule has 1 amide bonds. The Kier molecular flexibility index (Phi) is 5.34. The molecule has 28 heavy (non-hydrogen) atoms. The summed E-state index contributed by atoms with van der Waals surface area (Å²) in [4.78, 5) is 17.8. The van der Waals surface area contributed by atoms with Gasteiger partial charge < -0.3 is 10.2 Å². The van der Waals surface area contributed by atoms with Crippen LogP contribution in [-0.2, 0) is 12.7 Å². The number of nitrogens with zero attached hydrogens (tertiary/aromatic N) is 4. The van der Waals surface area contributed by atoms with E-state index in [0.717, 1.165) is 11.6 Å². The number of hydrogen-bond donors (Lipinski definition) is 1. The predicted molar refractivity (Wildman–Crippen MR) is 99.3 cm³/mol. The van der Waals surface area contributed by atoms with Crippen molar-refractivity contribution in [2.75, 3.05) is 24.3 Å². The molecule has 6 nitrogen and oxygen atoms in total. The van der Waals surface area contributed by atoms with Gasteiger partial charge in [-0.05, 0) is 35.9 Å². The van der Waals surface area contributed by atoms with Crippen LogP contribution in [0.3, 0.4) is 0 Å². The lowest BCUT2D eigenvalue weighted by atomic mass is 10.1. The molecule has 0 spiro atoms. The Balaban J connectivity index is 1.79. The maximum atomic E-state index is 13.4. The molecule has 0 radical (unpaired) electrons. The Morgan fingerprint density at radius 3 is 2.43 bits per heavy atom. The maximum absolute atomic E-state index is 13.4. The van der Waals surface area contributed by atoms with Crippen molar-refractivity contribution in [3.63, 3.8) is 0 Å². The number of carbonyl (C=O) groups is 1. The first-order valence-electron chi connectivity index (χ1n) is 8.35. The van der Waals surface area contributed by atoms with Crippen molar-refractivity contribution in [1.29, 1.82) is 0 Å². The van der Waals surface area contributed by atoms with Gasteiger partial charge in [0.15, 0.2) is 0 Å². The van der Waals surface area contributed by atoms with Crippen LogP contribution in [0.25, 0.3) is 0 Å². The van der Waals surface area contributed by atoms with Gasteiger partial charge in [-0.2, -0.15) is 18.3 Å². The molecule has 0 bridgehead atoms. The lowest BCUT2D eigenvalue weighted by Crippen LogP contribution is -2.18. The third-order valence-corrected chi connectivity index (χ3v) is 4.10. The highest BCUT2D eigenvalue weighted by Gasteiger charge is 2.34. The van der Waals surface area contributed by atoms with Gasteiger partial charge in [-0.3, -0.25) is 4.79 Å². The minimum Gasteiger partial charge on any atom is -0.378 e. The first-order chi connectivity index (χ1) is 13.2. The normalized spacial score (nSPS) is 11.3. The highest BCUT2D eigenvalue weighted by atomic mass is 19.4. The Morgan fingerprint density at radius 2 is 1.86 bits per heavy atom.